The Morgan fingerprint density at radius 2 is 2.20 bits per heavy atom. The summed E-state index contributed by atoms with van der Waals surface area (Å²) in [7, 11) is 0. The normalized spacial score (nSPS) is 13.9. The van der Waals surface area contributed by atoms with Crippen molar-refractivity contribution in [3.8, 4) is 0 Å². The molecule has 1 heterocycles. The van der Waals surface area contributed by atoms with E-state index in [1.165, 1.54) is 0 Å². The number of alkyl halides is 4. The van der Waals surface area contributed by atoms with Crippen molar-refractivity contribution in [1.29, 1.82) is 0 Å². The molecule has 0 spiro atoms. The molecule has 0 amide bonds. The lowest BCUT2D eigenvalue weighted by molar-refractivity contribution is -0.144. The summed E-state index contributed by atoms with van der Waals surface area (Å²) in [5.74, 6) is -0.660. The number of nitrogens with one attached hydrogen (secondary N) is 1. The molecule has 0 radical (unpaired) electrons. The van der Waals surface area contributed by atoms with Crippen molar-refractivity contribution >= 4 is 28.3 Å². The maximum atomic E-state index is 12.1. The van der Waals surface area contributed by atoms with Gasteiger partial charge in [0.25, 0.3) is 0 Å². The summed E-state index contributed by atoms with van der Waals surface area (Å²) in [5.41, 5.74) is 0. The molecule has 1 aromatic heterocycles. The molecule has 0 aromatic carbocycles. The van der Waals surface area contributed by atoms with Gasteiger partial charge >= 0.3 is 6.18 Å². The Bertz CT molecular complexity index is 315. The van der Waals surface area contributed by atoms with Crippen molar-refractivity contribution in [1.82, 2.24) is 9.36 Å². The first-order valence-corrected chi connectivity index (χ1v) is 5.47. The lowest BCUT2D eigenvalue weighted by Crippen LogP contribution is -2.15. The van der Waals surface area contributed by atoms with Gasteiger partial charge in [0.15, 0.2) is 0 Å². The highest BCUT2D eigenvalue weighted by Gasteiger charge is 2.36. The van der Waals surface area contributed by atoms with Crippen LogP contribution >= 0.6 is 23.1 Å². The summed E-state index contributed by atoms with van der Waals surface area (Å²) in [6, 6.07) is -0.0171. The van der Waals surface area contributed by atoms with Gasteiger partial charge in [0, 0.05) is 23.5 Å². The van der Waals surface area contributed by atoms with Crippen LogP contribution in [0.3, 0.4) is 0 Å². The van der Waals surface area contributed by atoms with E-state index in [4.69, 9.17) is 11.6 Å². The highest BCUT2D eigenvalue weighted by molar-refractivity contribution is 7.09. The lowest BCUT2D eigenvalue weighted by Gasteiger charge is -2.09. The minimum atomic E-state index is -4.48. The summed E-state index contributed by atoms with van der Waals surface area (Å²) in [4.78, 5) is 3.33. The van der Waals surface area contributed by atoms with Gasteiger partial charge in [-0.2, -0.15) is 22.5 Å². The van der Waals surface area contributed by atoms with E-state index in [-0.39, 0.29) is 11.2 Å². The SMILES string of the molecule is CC(CCCl)Nc1nc(C(F)(F)F)ns1. The molecule has 1 atom stereocenters. The standard InChI is InChI=1S/C7H9ClF3N3S/c1-4(2-3-8)12-6-13-5(14-15-6)7(9,10)11/h4H,2-3H2,1H3,(H,12,13,14). The molecular formula is C7H9ClF3N3S. The fourth-order valence-electron chi connectivity index (χ4n) is 0.844. The quantitative estimate of drug-likeness (QED) is 0.845. The van der Waals surface area contributed by atoms with Crippen LogP contribution in [-0.2, 0) is 6.18 Å². The topological polar surface area (TPSA) is 37.8 Å². The Morgan fingerprint density at radius 3 is 2.67 bits per heavy atom. The van der Waals surface area contributed by atoms with E-state index >= 15 is 0 Å². The largest absolute Gasteiger partial charge is 0.452 e. The van der Waals surface area contributed by atoms with E-state index in [1.54, 1.807) is 0 Å². The summed E-state index contributed by atoms with van der Waals surface area (Å²) in [6.45, 7) is 1.82. The Kier molecular flexibility index (Phi) is 4.15. The molecule has 3 nitrogen and oxygen atoms in total. The van der Waals surface area contributed by atoms with Crippen molar-refractivity contribution in [3.05, 3.63) is 5.82 Å². The first-order chi connectivity index (χ1) is 6.93. The van der Waals surface area contributed by atoms with Crippen LogP contribution in [0.25, 0.3) is 0 Å². The third-order valence-corrected chi connectivity index (χ3v) is 2.46. The predicted octanol–water partition coefficient (Wildman–Crippen LogP) is 2.99. The van der Waals surface area contributed by atoms with Crippen LogP contribution < -0.4 is 5.32 Å². The van der Waals surface area contributed by atoms with Gasteiger partial charge in [-0.15, -0.1) is 11.6 Å². The maximum absolute atomic E-state index is 12.1. The highest BCUT2D eigenvalue weighted by Crippen LogP contribution is 2.29. The van der Waals surface area contributed by atoms with Gasteiger partial charge in [-0.05, 0) is 13.3 Å². The fraction of sp³-hybridized carbons (Fsp3) is 0.714. The van der Waals surface area contributed by atoms with Gasteiger partial charge in [0.05, 0.1) is 0 Å². The zero-order chi connectivity index (χ0) is 11.5. The van der Waals surface area contributed by atoms with Gasteiger partial charge in [-0.1, -0.05) is 0 Å². The highest BCUT2D eigenvalue weighted by atomic mass is 35.5. The number of rotatable bonds is 4. The van der Waals surface area contributed by atoms with Gasteiger partial charge in [-0.25, -0.2) is 0 Å². The van der Waals surface area contributed by atoms with Gasteiger partial charge in [0.1, 0.15) is 0 Å². The van der Waals surface area contributed by atoms with Crippen LogP contribution in [0.5, 0.6) is 0 Å². The number of hydrogen-bond acceptors (Lipinski definition) is 4. The minimum Gasteiger partial charge on any atom is -0.358 e. The second-order valence-electron chi connectivity index (χ2n) is 2.94. The molecular weight excluding hydrogens is 251 g/mol. The third-order valence-electron chi connectivity index (χ3n) is 1.59. The van der Waals surface area contributed by atoms with Crippen LogP contribution in [0, 0.1) is 0 Å². The molecule has 0 aliphatic heterocycles. The van der Waals surface area contributed by atoms with Crippen molar-refractivity contribution in [3.63, 3.8) is 0 Å². The molecule has 0 fully saturated rings. The first-order valence-electron chi connectivity index (χ1n) is 4.17. The minimum absolute atomic E-state index is 0.0171. The van der Waals surface area contributed by atoms with Crippen LogP contribution in [-0.4, -0.2) is 21.3 Å². The predicted molar refractivity (Wildman–Crippen MR) is 53.3 cm³/mol. The van der Waals surface area contributed by atoms with Crippen LogP contribution in [0.2, 0.25) is 0 Å². The van der Waals surface area contributed by atoms with E-state index in [0.717, 1.165) is 0 Å². The van der Waals surface area contributed by atoms with E-state index in [0.29, 0.717) is 23.8 Å². The smallest absolute Gasteiger partial charge is 0.358 e. The monoisotopic (exact) mass is 259 g/mol. The summed E-state index contributed by atoms with van der Waals surface area (Å²) >= 11 is 6.18. The summed E-state index contributed by atoms with van der Waals surface area (Å²) in [6.07, 6.45) is -3.82. The van der Waals surface area contributed by atoms with Crippen molar-refractivity contribution in [2.24, 2.45) is 0 Å². The lowest BCUT2D eigenvalue weighted by atomic mass is 10.3. The van der Waals surface area contributed by atoms with Gasteiger partial charge < -0.3 is 5.32 Å². The molecule has 0 aliphatic rings. The molecule has 0 saturated carbocycles. The molecule has 0 bridgehead atoms. The number of hydrogen-bond donors (Lipinski definition) is 1. The van der Waals surface area contributed by atoms with E-state index < -0.39 is 12.0 Å². The molecule has 15 heavy (non-hydrogen) atoms. The second kappa shape index (κ2) is 4.98. The number of nitrogens with zero attached hydrogens (tertiary/aromatic N) is 2. The second-order valence-corrected chi connectivity index (χ2v) is 4.07. The number of halogens is 4. The van der Waals surface area contributed by atoms with Crippen molar-refractivity contribution in [2.75, 3.05) is 11.2 Å². The van der Waals surface area contributed by atoms with E-state index in [1.807, 2.05) is 6.92 Å². The van der Waals surface area contributed by atoms with Crippen molar-refractivity contribution < 1.29 is 13.2 Å². The summed E-state index contributed by atoms with van der Waals surface area (Å²) in [5, 5.41) is 2.96. The fourth-order valence-corrected chi connectivity index (χ4v) is 1.87. The van der Waals surface area contributed by atoms with Gasteiger partial charge in [-0.3, -0.25) is 0 Å². The van der Waals surface area contributed by atoms with E-state index in [2.05, 4.69) is 14.7 Å². The first kappa shape index (κ1) is 12.5. The van der Waals surface area contributed by atoms with E-state index in [9.17, 15) is 13.2 Å². The molecule has 1 unspecified atom stereocenters. The molecule has 86 valence electrons. The Morgan fingerprint density at radius 1 is 1.53 bits per heavy atom. The molecule has 0 aliphatic carbocycles. The zero-order valence-electron chi connectivity index (χ0n) is 7.81. The van der Waals surface area contributed by atoms with Gasteiger partial charge in [0.2, 0.25) is 11.0 Å². The average Bonchev–Trinajstić information content (AvgIpc) is 2.52. The number of aromatic nitrogens is 2. The van der Waals surface area contributed by atoms with Crippen molar-refractivity contribution in [2.45, 2.75) is 25.6 Å². The summed E-state index contributed by atoms with van der Waals surface area (Å²) < 4.78 is 39.6. The Hall–Kier alpha value is -0.560. The molecule has 1 aromatic rings. The average molecular weight is 260 g/mol. The molecule has 1 rings (SSSR count). The Labute approximate surface area is 93.8 Å². The van der Waals surface area contributed by atoms with Crippen LogP contribution in [0.15, 0.2) is 0 Å². The molecule has 0 saturated heterocycles. The molecule has 8 heteroatoms. The third kappa shape index (κ3) is 3.83. The zero-order valence-corrected chi connectivity index (χ0v) is 9.38. The number of anilines is 1. The van der Waals surface area contributed by atoms with Crippen LogP contribution in [0.4, 0.5) is 18.3 Å². The van der Waals surface area contributed by atoms with Crippen LogP contribution in [0.1, 0.15) is 19.2 Å². The maximum Gasteiger partial charge on any atom is 0.452 e. The molecule has 1 N–H and O–H groups in total. The Balaban J connectivity index is 2.61.